The van der Waals surface area contributed by atoms with Gasteiger partial charge in [0.2, 0.25) is 0 Å². The van der Waals surface area contributed by atoms with Crippen LogP contribution in [0.5, 0.6) is 5.75 Å². The highest BCUT2D eigenvalue weighted by atomic mass is 35.5. The molecule has 2 aromatic rings. The van der Waals surface area contributed by atoms with Gasteiger partial charge in [0.25, 0.3) is 5.91 Å². The molecule has 2 aromatic carbocycles. The number of thiocarbonyl (C=S) groups is 1. The van der Waals surface area contributed by atoms with Gasteiger partial charge in [-0.2, -0.15) is 13.2 Å². The van der Waals surface area contributed by atoms with Gasteiger partial charge in [0.1, 0.15) is 5.75 Å². The largest absolute Gasteiger partial charge is 0.492 e. The van der Waals surface area contributed by atoms with Crippen LogP contribution in [0.1, 0.15) is 17.5 Å². The second-order valence-electron chi connectivity index (χ2n) is 6.21. The maximum Gasteiger partial charge on any atom is 0.417 e. The fraction of sp³-hybridized carbons (Fsp3) is 0.150. The average molecular weight is 488 g/mol. The first-order valence-corrected chi connectivity index (χ1v) is 10.3. The summed E-state index contributed by atoms with van der Waals surface area (Å²) in [7, 11) is 0. The van der Waals surface area contributed by atoms with Crippen LogP contribution in [0, 0.1) is 0 Å². The second-order valence-corrected chi connectivity index (χ2v) is 8.29. The number of alkyl halides is 3. The number of aliphatic carboxylic acids is 1. The predicted molar refractivity (Wildman–Crippen MR) is 116 cm³/mol. The standard InChI is InChI=1S/C20H13ClF3NO4S2/c21-14-6-5-12(10-13(14)20(22,23)24)25-18(28)16(31-19(25)30)9-11-3-1-2-4-15(11)29-8-7-17(26)27/h1-6,9-10H,7-8H2,(H,26,27)/b16-9+. The molecule has 0 atom stereocenters. The molecule has 5 nitrogen and oxygen atoms in total. The summed E-state index contributed by atoms with van der Waals surface area (Å²) in [6.45, 7) is -0.0634. The van der Waals surface area contributed by atoms with Crippen molar-refractivity contribution in [3.63, 3.8) is 0 Å². The number of carbonyl (C=O) groups excluding carboxylic acids is 1. The Labute approximate surface area is 189 Å². The zero-order valence-electron chi connectivity index (χ0n) is 15.5. The van der Waals surface area contributed by atoms with E-state index in [2.05, 4.69) is 0 Å². The van der Waals surface area contributed by atoms with E-state index < -0.39 is 28.6 Å². The minimum atomic E-state index is -4.68. The summed E-state index contributed by atoms with van der Waals surface area (Å²) in [6.07, 6.45) is -3.39. The monoisotopic (exact) mass is 487 g/mol. The van der Waals surface area contributed by atoms with Gasteiger partial charge < -0.3 is 9.84 Å². The third-order valence-corrected chi connectivity index (χ3v) is 5.72. The van der Waals surface area contributed by atoms with Crippen molar-refractivity contribution in [2.75, 3.05) is 11.5 Å². The van der Waals surface area contributed by atoms with E-state index in [1.165, 1.54) is 12.1 Å². The Morgan fingerprint density at radius 2 is 1.97 bits per heavy atom. The maximum atomic E-state index is 13.2. The lowest BCUT2D eigenvalue weighted by Crippen LogP contribution is -2.27. The van der Waals surface area contributed by atoms with E-state index in [1.807, 2.05) is 0 Å². The number of halogens is 4. The molecule has 1 fully saturated rings. The smallest absolute Gasteiger partial charge is 0.417 e. The van der Waals surface area contributed by atoms with Gasteiger partial charge in [-0.25, -0.2) is 0 Å². The predicted octanol–water partition coefficient (Wildman–Crippen LogP) is 5.62. The number of hydrogen-bond acceptors (Lipinski definition) is 5. The summed E-state index contributed by atoms with van der Waals surface area (Å²) in [5.74, 6) is -1.25. The Kier molecular flexibility index (Phi) is 6.93. The van der Waals surface area contributed by atoms with Crippen LogP contribution in [0.4, 0.5) is 18.9 Å². The molecule has 31 heavy (non-hydrogen) atoms. The first-order chi connectivity index (χ1) is 14.6. The van der Waals surface area contributed by atoms with E-state index in [9.17, 15) is 22.8 Å². The maximum absolute atomic E-state index is 13.2. The first kappa shape index (κ1) is 23.1. The minimum absolute atomic E-state index is 0.0476. The van der Waals surface area contributed by atoms with Crippen LogP contribution in [-0.4, -0.2) is 27.9 Å². The van der Waals surface area contributed by atoms with Gasteiger partial charge in [0.05, 0.1) is 34.2 Å². The topological polar surface area (TPSA) is 66.8 Å². The van der Waals surface area contributed by atoms with E-state index in [0.717, 1.165) is 28.8 Å². The summed E-state index contributed by atoms with van der Waals surface area (Å²) < 4.78 is 45.1. The van der Waals surface area contributed by atoms with Gasteiger partial charge in [-0.3, -0.25) is 14.5 Å². The molecule has 0 bridgehead atoms. The number of thioether (sulfide) groups is 1. The van der Waals surface area contributed by atoms with Crippen LogP contribution in [-0.2, 0) is 15.8 Å². The van der Waals surface area contributed by atoms with Crippen LogP contribution < -0.4 is 9.64 Å². The number of benzene rings is 2. The van der Waals surface area contributed by atoms with Gasteiger partial charge in [0, 0.05) is 5.56 Å². The molecule has 0 aliphatic carbocycles. The normalized spacial score (nSPS) is 15.6. The highest BCUT2D eigenvalue weighted by molar-refractivity contribution is 8.27. The Bertz CT molecular complexity index is 1090. The number of carboxylic acid groups (broad SMARTS) is 1. The third-order valence-electron chi connectivity index (χ3n) is 4.09. The molecule has 0 saturated carbocycles. The molecule has 1 saturated heterocycles. The summed E-state index contributed by atoms with van der Waals surface area (Å²) in [5, 5.41) is 8.26. The number of para-hydroxylation sites is 1. The van der Waals surface area contributed by atoms with E-state index in [1.54, 1.807) is 24.3 Å². The lowest BCUT2D eigenvalue weighted by atomic mass is 10.1. The lowest BCUT2D eigenvalue weighted by Gasteiger charge is -2.17. The molecule has 1 N–H and O–H groups in total. The van der Waals surface area contributed by atoms with Gasteiger partial charge in [-0.1, -0.05) is 53.8 Å². The third kappa shape index (κ3) is 5.38. The highest BCUT2D eigenvalue weighted by Crippen LogP contribution is 2.41. The van der Waals surface area contributed by atoms with Crippen molar-refractivity contribution in [1.82, 2.24) is 0 Å². The molecule has 1 amide bonds. The second kappa shape index (κ2) is 9.29. The Balaban J connectivity index is 1.90. The number of nitrogens with zero attached hydrogens (tertiary/aromatic N) is 1. The highest BCUT2D eigenvalue weighted by Gasteiger charge is 2.37. The van der Waals surface area contributed by atoms with Crippen molar-refractivity contribution in [2.45, 2.75) is 12.6 Å². The lowest BCUT2D eigenvalue weighted by molar-refractivity contribution is -0.138. The van der Waals surface area contributed by atoms with Crippen LogP contribution in [0.3, 0.4) is 0 Å². The molecule has 0 radical (unpaired) electrons. The van der Waals surface area contributed by atoms with Crippen LogP contribution >= 0.6 is 35.6 Å². The van der Waals surface area contributed by atoms with Crippen molar-refractivity contribution < 1.29 is 32.6 Å². The van der Waals surface area contributed by atoms with Crippen molar-refractivity contribution >= 4 is 63.5 Å². The zero-order valence-corrected chi connectivity index (χ0v) is 17.9. The molecule has 0 unspecified atom stereocenters. The summed E-state index contributed by atoms with van der Waals surface area (Å²) in [6, 6.07) is 9.78. The SMILES string of the molecule is O=C(O)CCOc1ccccc1/C=C1/SC(=S)N(c2ccc(Cl)c(C(F)(F)F)c2)C1=O. The summed E-state index contributed by atoms with van der Waals surface area (Å²) in [5.41, 5.74) is -0.615. The van der Waals surface area contributed by atoms with E-state index in [0.29, 0.717) is 11.3 Å². The Hall–Kier alpha value is -2.56. The molecular formula is C20H13ClF3NO4S2. The van der Waals surface area contributed by atoms with E-state index in [-0.39, 0.29) is 27.9 Å². The molecule has 11 heteroatoms. The number of carbonyl (C=O) groups is 2. The van der Waals surface area contributed by atoms with Crippen LogP contribution in [0.2, 0.25) is 5.02 Å². The number of ether oxygens (including phenoxy) is 1. The molecule has 1 aliphatic rings. The number of carboxylic acids is 1. The Morgan fingerprint density at radius 1 is 1.26 bits per heavy atom. The van der Waals surface area contributed by atoms with Crippen LogP contribution in [0.15, 0.2) is 47.4 Å². The molecule has 1 heterocycles. The Morgan fingerprint density at radius 3 is 2.65 bits per heavy atom. The number of hydrogen-bond donors (Lipinski definition) is 1. The zero-order chi connectivity index (χ0) is 22.8. The summed E-state index contributed by atoms with van der Waals surface area (Å²) >= 11 is 11.8. The quantitative estimate of drug-likeness (QED) is 0.421. The number of rotatable bonds is 6. The molecule has 162 valence electrons. The molecule has 1 aliphatic heterocycles. The minimum Gasteiger partial charge on any atom is -0.492 e. The number of amides is 1. The van der Waals surface area contributed by atoms with Crippen LogP contribution in [0.25, 0.3) is 6.08 Å². The van der Waals surface area contributed by atoms with Crippen molar-refractivity contribution in [1.29, 1.82) is 0 Å². The number of anilines is 1. The van der Waals surface area contributed by atoms with Gasteiger partial charge in [-0.05, 0) is 30.3 Å². The van der Waals surface area contributed by atoms with Crippen molar-refractivity contribution in [2.24, 2.45) is 0 Å². The molecule has 3 rings (SSSR count). The molecule has 0 spiro atoms. The molecule has 0 aromatic heterocycles. The molecular weight excluding hydrogens is 475 g/mol. The van der Waals surface area contributed by atoms with E-state index >= 15 is 0 Å². The van der Waals surface area contributed by atoms with Crippen molar-refractivity contribution in [3.8, 4) is 5.75 Å². The van der Waals surface area contributed by atoms with Gasteiger partial charge in [0.15, 0.2) is 4.32 Å². The van der Waals surface area contributed by atoms with Gasteiger partial charge >= 0.3 is 12.1 Å². The summed E-state index contributed by atoms with van der Waals surface area (Å²) in [4.78, 5) is 24.8. The first-order valence-electron chi connectivity index (χ1n) is 8.66. The average Bonchev–Trinajstić information content (AvgIpc) is 2.96. The fourth-order valence-electron chi connectivity index (χ4n) is 2.68. The fourth-order valence-corrected chi connectivity index (χ4v) is 4.20. The van der Waals surface area contributed by atoms with Crippen molar-refractivity contribution in [3.05, 3.63) is 63.5 Å². The van der Waals surface area contributed by atoms with E-state index in [4.69, 9.17) is 33.7 Å². The van der Waals surface area contributed by atoms with Gasteiger partial charge in [-0.15, -0.1) is 0 Å².